The lowest BCUT2D eigenvalue weighted by Gasteiger charge is -2.31. The molecule has 20 heavy (non-hydrogen) atoms. The first-order valence-electron chi connectivity index (χ1n) is 7.09. The topological polar surface area (TPSA) is 55.2 Å². The van der Waals surface area contributed by atoms with Crippen LogP contribution < -0.4 is 0 Å². The Hall–Kier alpha value is -0.400. The molecule has 1 aliphatic rings. The van der Waals surface area contributed by atoms with E-state index in [-0.39, 0.29) is 5.03 Å². The Morgan fingerprint density at radius 1 is 1.50 bits per heavy atom. The maximum absolute atomic E-state index is 12.7. The molecule has 1 atom stereocenters. The quantitative estimate of drug-likeness (QED) is 0.754. The minimum absolute atomic E-state index is 0.191. The van der Waals surface area contributed by atoms with E-state index in [0.717, 1.165) is 37.0 Å². The number of alkyl halides is 1. The Morgan fingerprint density at radius 3 is 2.85 bits per heavy atom. The van der Waals surface area contributed by atoms with Crippen molar-refractivity contribution in [3.05, 3.63) is 12.0 Å². The van der Waals surface area contributed by atoms with Crippen molar-refractivity contribution in [3.63, 3.8) is 0 Å². The van der Waals surface area contributed by atoms with Crippen molar-refractivity contribution in [2.75, 3.05) is 18.4 Å². The molecular formula is C13H22BrN3O2S. The Labute approximate surface area is 129 Å². The molecule has 7 heteroatoms. The van der Waals surface area contributed by atoms with Gasteiger partial charge < -0.3 is 4.57 Å². The van der Waals surface area contributed by atoms with Gasteiger partial charge in [-0.1, -0.05) is 15.9 Å². The van der Waals surface area contributed by atoms with Gasteiger partial charge in [-0.15, -0.1) is 0 Å². The van der Waals surface area contributed by atoms with Crippen molar-refractivity contribution < 1.29 is 8.42 Å². The van der Waals surface area contributed by atoms with Crippen molar-refractivity contribution in [2.45, 2.75) is 44.7 Å². The van der Waals surface area contributed by atoms with Crippen LogP contribution in [0.1, 0.15) is 32.0 Å². The number of nitrogens with zero attached hydrogens (tertiary/aromatic N) is 3. The number of imidazole rings is 1. The molecule has 2 heterocycles. The summed E-state index contributed by atoms with van der Waals surface area (Å²) in [5.41, 5.74) is 0. The highest BCUT2D eigenvalue weighted by Gasteiger charge is 2.31. The van der Waals surface area contributed by atoms with Gasteiger partial charge in [0, 0.05) is 31.2 Å². The molecule has 5 nitrogen and oxygen atoms in total. The number of hydrogen-bond acceptors (Lipinski definition) is 3. The van der Waals surface area contributed by atoms with E-state index in [1.54, 1.807) is 10.5 Å². The lowest BCUT2D eigenvalue weighted by molar-refractivity contribution is 0.262. The molecular weight excluding hydrogens is 342 g/mol. The fourth-order valence-electron chi connectivity index (χ4n) is 2.69. The number of sulfonamides is 1. The van der Waals surface area contributed by atoms with E-state index in [9.17, 15) is 8.42 Å². The molecule has 1 saturated heterocycles. The van der Waals surface area contributed by atoms with E-state index in [2.05, 4.69) is 20.9 Å². The van der Waals surface area contributed by atoms with Crippen molar-refractivity contribution in [3.8, 4) is 0 Å². The standard InChI is InChI=1S/C13H22BrN3O2S/c1-3-16-10-13(15-11(16)2)20(18,19)17-8-4-5-12(9-17)6-7-14/h10,12H,3-9H2,1-2H3. The molecule has 1 fully saturated rings. The Morgan fingerprint density at radius 2 is 2.25 bits per heavy atom. The molecule has 1 aromatic rings. The van der Waals surface area contributed by atoms with Crippen LogP contribution in [0.15, 0.2) is 11.2 Å². The van der Waals surface area contributed by atoms with Gasteiger partial charge in [0.25, 0.3) is 10.0 Å². The molecule has 0 saturated carbocycles. The zero-order valence-electron chi connectivity index (χ0n) is 12.0. The minimum Gasteiger partial charge on any atom is -0.334 e. The lowest BCUT2D eigenvalue weighted by Crippen LogP contribution is -2.40. The fourth-order valence-corrected chi connectivity index (χ4v) is 4.89. The number of hydrogen-bond donors (Lipinski definition) is 0. The summed E-state index contributed by atoms with van der Waals surface area (Å²) in [6.45, 7) is 5.79. The predicted molar refractivity (Wildman–Crippen MR) is 82.5 cm³/mol. The van der Waals surface area contributed by atoms with Gasteiger partial charge in [0.1, 0.15) is 5.82 Å². The summed E-state index contributed by atoms with van der Waals surface area (Å²) in [6.07, 6.45) is 4.72. The summed E-state index contributed by atoms with van der Waals surface area (Å²) in [5.74, 6) is 1.20. The van der Waals surface area contributed by atoms with Crippen molar-refractivity contribution in [1.29, 1.82) is 0 Å². The van der Waals surface area contributed by atoms with Gasteiger partial charge in [-0.3, -0.25) is 0 Å². The second-order valence-electron chi connectivity index (χ2n) is 5.26. The summed E-state index contributed by atoms with van der Waals surface area (Å²) < 4.78 is 28.8. The Balaban J connectivity index is 2.20. The molecule has 0 aliphatic carbocycles. The van der Waals surface area contributed by atoms with Gasteiger partial charge in [-0.05, 0) is 39.0 Å². The number of aromatic nitrogens is 2. The fraction of sp³-hybridized carbons (Fsp3) is 0.769. The van der Waals surface area contributed by atoms with Crippen LogP contribution in [0.25, 0.3) is 0 Å². The van der Waals surface area contributed by atoms with Gasteiger partial charge in [0.05, 0.1) is 0 Å². The second-order valence-corrected chi connectivity index (χ2v) is 7.94. The number of piperidine rings is 1. The van der Waals surface area contributed by atoms with Gasteiger partial charge in [-0.25, -0.2) is 13.4 Å². The van der Waals surface area contributed by atoms with Crippen molar-refractivity contribution in [1.82, 2.24) is 13.9 Å². The molecule has 0 radical (unpaired) electrons. The van der Waals surface area contributed by atoms with Crippen LogP contribution in [0.4, 0.5) is 0 Å². The minimum atomic E-state index is -3.44. The average Bonchev–Trinajstić information content (AvgIpc) is 2.81. The number of aryl methyl sites for hydroxylation is 2. The third-order valence-corrected chi connectivity index (χ3v) is 6.09. The van der Waals surface area contributed by atoms with Crippen LogP contribution in [-0.4, -0.2) is 40.7 Å². The van der Waals surface area contributed by atoms with Gasteiger partial charge in [-0.2, -0.15) is 4.31 Å². The smallest absolute Gasteiger partial charge is 0.262 e. The highest BCUT2D eigenvalue weighted by Crippen LogP contribution is 2.25. The first kappa shape index (κ1) is 16.0. The first-order chi connectivity index (χ1) is 9.48. The maximum Gasteiger partial charge on any atom is 0.262 e. The third-order valence-electron chi connectivity index (χ3n) is 3.90. The molecule has 0 N–H and O–H groups in total. The van der Waals surface area contributed by atoms with Crippen LogP contribution in [0.3, 0.4) is 0 Å². The summed E-state index contributed by atoms with van der Waals surface area (Å²) in [4.78, 5) is 4.22. The zero-order chi connectivity index (χ0) is 14.8. The largest absolute Gasteiger partial charge is 0.334 e. The van der Waals surface area contributed by atoms with E-state index in [1.807, 2.05) is 18.4 Å². The third kappa shape index (κ3) is 3.26. The van der Waals surface area contributed by atoms with Crippen LogP contribution in [0.5, 0.6) is 0 Å². The van der Waals surface area contributed by atoms with E-state index in [0.29, 0.717) is 19.0 Å². The van der Waals surface area contributed by atoms with Crippen LogP contribution in [0.2, 0.25) is 0 Å². The monoisotopic (exact) mass is 363 g/mol. The first-order valence-corrected chi connectivity index (χ1v) is 9.65. The SMILES string of the molecule is CCn1cc(S(=O)(=O)N2CCCC(CCBr)C2)nc1C. The molecule has 0 bridgehead atoms. The normalized spacial score (nSPS) is 21.2. The second kappa shape index (κ2) is 6.58. The highest BCUT2D eigenvalue weighted by molar-refractivity contribution is 9.09. The summed E-state index contributed by atoms with van der Waals surface area (Å²) in [7, 11) is -3.44. The summed E-state index contributed by atoms with van der Waals surface area (Å²) in [6, 6.07) is 0. The summed E-state index contributed by atoms with van der Waals surface area (Å²) >= 11 is 3.44. The molecule has 0 spiro atoms. The maximum atomic E-state index is 12.7. The lowest BCUT2D eigenvalue weighted by atomic mass is 9.97. The molecule has 1 unspecified atom stereocenters. The number of rotatable bonds is 5. The Bertz CT molecular complexity index is 554. The molecule has 2 rings (SSSR count). The van der Waals surface area contributed by atoms with Crippen LogP contribution in [-0.2, 0) is 16.6 Å². The molecule has 0 aromatic carbocycles. The van der Waals surface area contributed by atoms with E-state index < -0.39 is 10.0 Å². The predicted octanol–water partition coefficient (Wildman–Crippen LogP) is 2.40. The van der Waals surface area contributed by atoms with Gasteiger partial charge >= 0.3 is 0 Å². The molecule has 1 aromatic heterocycles. The van der Waals surface area contributed by atoms with Crippen LogP contribution in [0, 0.1) is 12.8 Å². The highest BCUT2D eigenvalue weighted by atomic mass is 79.9. The van der Waals surface area contributed by atoms with Gasteiger partial charge in [0.15, 0.2) is 5.03 Å². The van der Waals surface area contributed by atoms with E-state index in [1.165, 1.54) is 0 Å². The zero-order valence-corrected chi connectivity index (χ0v) is 14.5. The van der Waals surface area contributed by atoms with Gasteiger partial charge in [0.2, 0.25) is 0 Å². The molecule has 1 aliphatic heterocycles. The van der Waals surface area contributed by atoms with Crippen molar-refractivity contribution in [2.24, 2.45) is 5.92 Å². The summed E-state index contributed by atoms with van der Waals surface area (Å²) in [5, 5.41) is 1.12. The molecule has 0 amide bonds. The van der Waals surface area contributed by atoms with E-state index in [4.69, 9.17) is 0 Å². The molecule has 114 valence electrons. The van der Waals surface area contributed by atoms with E-state index >= 15 is 0 Å². The van der Waals surface area contributed by atoms with Crippen LogP contribution >= 0.6 is 15.9 Å². The Kier molecular flexibility index (Phi) is 5.25. The average molecular weight is 364 g/mol. The number of halogens is 1. The van der Waals surface area contributed by atoms with Crippen molar-refractivity contribution >= 4 is 26.0 Å².